The first-order valence-electron chi connectivity index (χ1n) is 6.92. The van der Waals surface area contributed by atoms with Crippen LogP contribution in [0.25, 0.3) is 0 Å². The van der Waals surface area contributed by atoms with Gasteiger partial charge in [0, 0.05) is 32.1 Å². The molecule has 2 heterocycles. The Morgan fingerprint density at radius 2 is 2.19 bits per heavy atom. The lowest BCUT2D eigenvalue weighted by Crippen LogP contribution is -2.26. The monoisotopic (exact) mass is 291 g/mol. The number of nitrogens with zero attached hydrogens (tertiary/aromatic N) is 4. The molecule has 114 valence electrons. The van der Waals surface area contributed by atoms with E-state index in [9.17, 15) is 4.79 Å². The number of rotatable bonds is 7. The van der Waals surface area contributed by atoms with Crippen LogP contribution in [0.3, 0.4) is 0 Å². The maximum absolute atomic E-state index is 11.9. The number of methoxy groups -OCH3 is 1. The normalized spacial score (nSPS) is 10.8. The van der Waals surface area contributed by atoms with Gasteiger partial charge in [-0.25, -0.2) is 4.68 Å². The van der Waals surface area contributed by atoms with Crippen molar-refractivity contribution in [1.82, 2.24) is 24.9 Å². The van der Waals surface area contributed by atoms with Gasteiger partial charge >= 0.3 is 0 Å². The van der Waals surface area contributed by atoms with E-state index in [2.05, 4.69) is 15.5 Å². The van der Waals surface area contributed by atoms with Crippen molar-refractivity contribution in [3.63, 3.8) is 0 Å². The lowest BCUT2D eigenvalue weighted by Gasteiger charge is -2.05. The van der Waals surface area contributed by atoms with Crippen LogP contribution >= 0.6 is 0 Å². The lowest BCUT2D eigenvalue weighted by molar-refractivity contribution is 0.0939. The number of amides is 1. The van der Waals surface area contributed by atoms with E-state index < -0.39 is 0 Å². The maximum Gasteiger partial charge on any atom is 0.271 e. The zero-order valence-electron chi connectivity index (χ0n) is 12.7. The van der Waals surface area contributed by atoms with Crippen molar-refractivity contribution < 1.29 is 9.53 Å². The highest BCUT2D eigenvalue weighted by Gasteiger charge is 2.08. The van der Waals surface area contributed by atoms with E-state index in [0.717, 1.165) is 24.4 Å². The molecule has 7 heteroatoms. The standard InChI is InChI=1S/C14H21N5O2/c1-11-9-12(2)19(16-11)7-4-6-15-14(20)13-5-8-18(17-13)10-21-3/h5,8-9H,4,6-7,10H2,1-3H3,(H,15,20). The van der Waals surface area contributed by atoms with Crippen LogP contribution in [0.2, 0.25) is 0 Å². The summed E-state index contributed by atoms with van der Waals surface area (Å²) in [5.74, 6) is -0.168. The number of carbonyl (C=O) groups excluding carboxylic acids is 1. The number of ether oxygens (including phenoxy) is 1. The summed E-state index contributed by atoms with van der Waals surface area (Å²) in [5, 5.41) is 11.4. The molecular weight excluding hydrogens is 270 g/mol. The van der Waals surface area contributed by atoms with Crippen molar-refractivity contribution in [3.8, 4) is 0 Å². The third-order valence-corrected chi connectivity index (χ3v) is 3.07. The fraction of sp³-hybridized carbons (Fsp3) is 0.500. The molecule has 0 saturated heterocycles. The second-order valence-electron chi connectivity index (χ2n) is 4.92. The van der Waals surface area contributed by atoms with Gasteiger partial charge in [-0.05, 0) is 32.4 Å². The van der Waals surface area contributed by atoms with Crippen LogP contribution < -0.4 is 5.32 Å². The molecule has 0 aliphatic carbocycles. The number of carbonyl (C=O) groups is 1. The summed E-state index contributed by atoms with van der Waals surface area (Å²) in [5.41, 5.74) is 2.55. The highest BCUT2D eigenvalue weighted by molar-refractivity contribution is 5.92. The zero-order chi connectivity index (χ0) is 15.2. The fourth-order valence-electron chi connectivity index (χ4n) is 2.11. The second kappa shape index (κ2) is 7.03. The van der Waals surface area contributed by atoms with Gasteiger partial charge in [-0.1, -0.05) is 0 Å². The third kappa shape index (κ3) is 4.16. The summed E-state index contributed by atoms with van der Waals surface area (Å²) in [6.45, 7) is 5.72. The van der Waals surface area contributed by atoms with Crippen molar-refractivity contribution in [3.05, 3.63) is 35.4 Å². The summed E-state index contributed by atoms with van der Waals surface area (Å²) in [6, 6.07) is 3.72. The van der Waals surface area contributed by atoms with Crippen LogP contribution in [-0.2, 0) is 18.0 Å². The molecule has 0 atom stereocenters. The molecule has 0 radical (unpaired) electrons. The molecule has 0 fully saturated rings. The number of nitrogens with one attached hydrogen (secondary N) is 1. The van der Waals surface area contributed by atoms with Crippen LogP contribution in [0, 0.1) is 13.8 Å². The van der Waals surface area contributed by atoms with Crippen LogP contribution in [0.5, 0.6) is 0 Å². The molecule has 1 N–H and O–H groups in total. The fourth-order valence-corrected chi connectivity index (χ4v) is 2.11. The van der Waals surface area contributed by atoms with Crippen molar-refractivity contribution in [2.45, 2.75) is 33.5 Å². The Morgan fingerprint density at radius 3 is 2.86 bits per heavy atom. The van der Waals surface area contributed by atoms with Crippen molar-refractivity contribution >= 4 is 5.91 Å². The van der Waals surface area contributed by atoms with Crippen molar-refractivity contribution in [2.24, 2.45) is 0 Å². The summed E-state index contributed by atoms with van der Waals surface area (Å²) in [6.07, 6.45) is 2.54. The quantitative estimate of drug-likeness (QED) is 0.776. The molecule has 0 aliphatic heterocycles. The van der Waals surface area contributed by atoms with Gasteiger partial charge in [0.2, 0.25) is 0 Å². The van der Waals surface area contributed by atoms with E-state index in [1.54, 1.807) is 24.1 Å². The van der Waals surface area contributed by atoms with Gasteiger partial charge < -0.3 is 10.1 Å². The number of aromatic nitrogens is 4. The average molecular weight is 291 g/mol. The Kier molecular flexibility index (Phi) is 5.10. The van der Waals surface area contributed by atoms with Gasteiger partial charge in [-0.3, -0.25) is 9.48 Å². The number of aryl methyl sites for hydroxylation is 3. The van der Waals surface area contributed by atoms with Crippen molar-refractivity contribution in [1.29, 1.82) is 0 Å². The van der Waals surface area contributed by atoms with E-state index >= 15 is 0 Å². The van der Waals surface area contributed by atoms with Gasteiger partial charge in [0.05, 0.1) is 5.69 Å². The molecule has 2 aromatic heterocycles. The van der Waals surface area contributed by atoms with E-state index in [0.29, 0.717) is 19.0 Å². The minimum atomic E-state index is -0.168. The topological polar surface area (TPSA) is 74.0 Å². The Hall–Kier alpha value is -2.15. The largest absolute Gasteiger partial charge is 0.362 e. The van der Waals surface area contributed by atoms with Crippen molar-refractivity contribution in [2.75, 3.05) is 13.7 Å². The first-order valence-corrected chi connectivity index (χ1v) is 6.92. The Labute approximate surface area is 123 Å². The summed E-state index contributed by atoms with van der Waals surface area (Å²) in [7, 11) is 1.58. The van der Waals surface area contributed by atoms with Crippen LogP contribution in [0.15, 0.2) is 18.3 Å². The van der Waals surface area contributed by atoms with Crippen LogP contribution in [0.1, 0.15) is 28.3 Å². The van der Waals surface area contributed by atoms with Crippen LogP contribution in [0.4, 0.5) is 0 Å². The number of hydrogen-bond donors (Lipinski definition) is 1. The molecule has 2 rings (SSSR count). The number of hydrogen-bond acceptors (Lipinski definition) is 4. The first-order chi connectivity index (χ1) is 10.1. The molecule has 0 bridgehead atoms. The minimum Gasteiger partial charge on any atom is -0.362 e. The van der Waals surface area contributed by atoms with E-state index in [-0.39, 0.29) is 5.91 Å². The van der Waals surface area contributed by atoms with Crippen LogP contribution in [-0.4, -0.2) is 39.1 Å². The minimum absolute atomic E-state index is 0.168. The van der Waals surface area contributed by atoms with Gasteiger partial charge in [0.15, 0.2) is 0 Å². The Morgan fingerprint density at radius 1 is 1.38 bits per heavy atom. The molecule has 0 aliphatic rings. The van der Waals surface area contributed by atoms with E-state index in [4.69, 9.17) is 4.74 Å². The van der Waals surface area contributed by atoms with Gasteiger partial charge in [0.25, 0.3) is 5.91 Å². The third-order valence-electron chi connectivity index (χ3n) is 3.07. The maximum atomic E-state index is 11.9. The summed E-state index contributed by atoms with van der Waals surface area (Å²) >= 11 is 0. The smallest absolute Gasteiger partial charge is 0.271 e. The SMILES string of the molecule is COCn1ccc(C(=O)NCCCn2nc(C)cc2C)n1. The Balaban J connectivity index is 1.75. The molecule has 0 aromatic carbocycles. The highest BCUT2D eigenvalue weighted by atomic mass is 16.5. The molecule has 1 amide bonds. The first kappa shape index (κ1) is 15.2. The highest BCUT2D eigenvalue weighted by Crippen LogP contribution is 2.02. The van der Waals surface area contributed by atoms with Gasteiger partial charge in [-0.2, -0.15) is 10.2 Å². The lowest BCUT2D eigenvalue weighted by atomic mass is 10.3. The predicted molar refractivity (Wildman–Crippen MR) is 77.9 cm³/mol. The molecular formula is C14H21N5O2. The molecule has 0 spiro atoms. The Bertz CT molecular complexity index is 602. The van der Waals surface area contributed by atoms with Gasteiger partial charge in [-0.15, -0.1) is 0 Å². The molecule has 0 unspecified atom stereocenters. The summed E-state index contributed by atoms with van der Waals surface area (Å²) < 4.78 is 8.47. The molecule has 7 nitrogen and oxygen atoms in total. The predicted octanol–water partition coefficient (Wildman–Crippen LogP) is 1.12. The molecule has 21 heavy (non-hydrogen) atoms. The van der Waals surface area contributed by atoms with E-state index in [1.807, 2.05) is 24.6 Å². The molecule has 2 aromatic rings. The average Bonchev–Trinajstić information content (AvgIpc) is 3.02. The second-order valence-corrected chi connectivity index (χ2v) is 4.92. The van der Waals surface area contributed by atoms with Gasteiger partial charge in [0.1, 0.15) is 12.4 Å². The van der Waals surface area contributed by atoms with E-state index in [1.165, 1.54) is 0 Å². The zero-order valence-corrected chi connectivity index (χ0v) is 12.7. The molecule has 0 saturated carbocycles. The summed E-state index contributed by atoms with van der Waals surface area (Å²) in [4.78, 5) is 11.9.